The zero-order valence-electron chi connectivity index (χ0n) is 21.4. The molecule has 5 nitrogen and oxygen atoms in total. The van der Waals surface area contributed by atoms with Gasteiger partial charge in [0.25, 0.3) is 5.91 Å². The van der Waals surface area contributed by atoms with E-state index >= 15 is 0 Å². The molecule has 202 valence electrons. The zero-order valence-corrected chi connectivity index (χ0v) is 21.4. The fourth-order valence-electron chi connectivity index (χ4n) is 4.72. The summed E-state index contributed by atoms with van der Waals surface area (Å²) in [5, 5.41) is 13.0. The first-order valence-corrected chi connectivity index (χ1v) is 12.6. The topological polar surface area (TPSA) is 71.3 Å². The highest BCUT2D eigenvalue weighted by atomic mass is 19.4. The predicted molar refractivity (Wildman–Crippen MR) is 147 cm³/mol. The van der Waals surface area contributed by atoms with E-state index in [0.29, 0.717) is 16.6 Å². The molecule has 1 aromatic heterocycles. The number of fused-ring (bicyclic) bond motifs is 1. The number of nitrogens with zero attached hydrogens (tertiary/aromatic N) is 1. The summed E-state index contributed by atoms with van der Waals surface area (Å²) < 4.78 is 40.9. The molecule has 2 N–H and O–H groups in total. The Morgan fingerprint density at radius 3 is 2.17 bits per heavy atom. The molecule has 4 aromatic carbocycles. The molecule has 0 saturated heterocycles. The Labute approximate surface area is 228 Å². The maximum atomic E-state index is 13.7. The number of carboxylic acids is 1. The Kier molecular flexibility index (Phi) is 7.17. The third kappa shape index (κ3) is 5.61. The highest BCUT2D eigenvalue weighted by Gasteiger charge is 2.30. The molecular formula is C32H25F3N2O3. The molecule has 40 heavy (non-hydrogen) atoms. The number of carbonyl (C=O) groups excluding carboxylic acids is 1. The lowest BCUT2D eigenvalue weighted by molar-refractivity contribution is -0.137. The molecular weight excluding hydrogens is 517 g/mol. The monoisotopic (exact) mass is 542 g/mol. The van der Waals surface area contributed by atoms with Crippen LogP contribution in [0.4, 0.5) is 13.2 Å². The lowest BCUT2D eigenvalue weighted by Gasteiger charge is -2.17. The number of rotatable bonds is 7. The average molecular weight is 543 g/mol. The molecule has 1 atom stereocenters. The van der Waals surface area contributed by atoms with Crippen LogP contribution in [0.1, 0.15) is 50.4 Å². The summed E-state index contributed by atoms with van der Waals surface area (Å²) in [6, 6.07) is 26.2. The highest BCUT2D eigenvalue weighted by molar-refractivity contribution is 6.08. The highest BCUT2D eigenvalue weighted by Crippen LogP contribution is 2.31. The van der Waals surface area contributed by atoms with Crippen LogP contribution in [-0.4, -0.2) is 21.6 Å². The summed E-state index contributed by atoms with van der Waals surface area (Å²) in [6.45, 7) is 2.09. The molecule has 1 amide bonds. The van der Waals surface area contributed by atoms with Gasteiger partial charge in [0, 0.05) is 18.1 Å². The van der Waals surface area contributed by atoms with E-state index in [9.17, 15) is 22.8 Å². The summed E-state index contributed by atoms with van der Waals surface area (Å²) in [4.78, 5) is 24.9. The van der Waals surface area contributed by atoms with Crippen LogP contribution in [0.5, 0.6) is 0 Å². The minimum atomic E-state index is -4.41. The second kappa shape index (κ2) is 10.7. The quantitative estimate of drug-likeness (QED) is 0.223. The molecule has 0 saturated carbocycles. The number of nitrogens with one attached hydrogen (secondary N) is 1. The van der Waals surface area contributed by atoms with Crippen molar-refractivity contribution in [1.82, 2.24) is 9.88 Å². The van der Waals surface area contributed by atoms with E-state index in [1.54, 1.807) is 12.1 Å². The largest absolute Gasteiger partial charge is 0.478 e. The van der Waals surface area contributed by atoms with E-state index in [2.05, 4.69) is 5.32 Å². The average Bonchev–Trinajstić information content (AvgIpc) is 3.35. The summed E-state index contributed by atoms with van der Waals surface area (Å²) in [6.07, 6.45) is -2.59. The maximum absolute atomic E-state index is 13.7. The Bertz CT molecular complexity index is 1670. The van der Waals surface area contributed by atoms with Crippen LogP contribution in [0.25, 0.3) is 22.0 Å². The number of benzene rings is 4. The first-order valence-electron chi connectivity index (χ1n) is 12.6. The fraction of sp³-hybridized carbons (Fsp3) is 0.125. The number of hydrogen-bond donors (Lipinski definition) is 2. The summed E-state index contributed by atoms with van der Waals surface area (Å²) in [7, 11) is 0. The van der Waals surface area contributed by atoms with E-state index in [-0.39, 0.29) is 18.0 Å². The van der Waals surface area contributed by atoms with Crippen molar-refractivity contribution < 1.29 is 27.9 Å². The van der Waals surface area contributed by atoms with Gasteiger partial charge in [-0.2, -0.15) is 13.2 Å². The van der Waals surface area contributed by atoms with Crippen LogP contribution in [0.2, 0.25) is 0 Å². The van der Waals surface area contributed by atoms with Gasteiger partial charge in [0.05, 0.1) is 28.2 Å². The van der Waals surface area contributed by atoms with Crippen LogP contribution in [0, 0.1) is 0 Å². The summed E-state index contributed by atoms with van der Waals surface area (Å²) in [5.41, 5.74) is 3.71. The van der Waals surface area contributed by atoms with Gasteiger partial charge in [0.2, 0.25) is 0 Å². The molecule has 0 aliphatic heterocycles. The molecule has 0 aliphatic carbocycles. The summed E-state index contributed by atoms with van der Waals surface area (Å²) in [5.74, 6) is -1.36. The van der Waals surface area contributed by atoms with Gasteiger partial charge in [-0.1, -0.05) is 54.6 Å². The van der Waals surface area contributed by atoms with Crippen molar-refractivity contribution in [3.8, 4) is 11.1 Å². The van der Waals surface area contributed by atoms with Crippen molar-refractivity contribution in [3.63, 3.8) is 0 Å². The van der Waals surface area contributed by atoms with Gasteiger partial charge in [-0.3, -0.25) is 4.79 Å². The predicted octanol–water partition coefficient (Wildman–Crippen LogP) is 7.56. The number of halogens is 3. The van der Waals surface area contributed by atoms with Crippen LogP contribution in [0.3, 0.4) is 0 Å². The van der Waals surface area contributed by atoms with E-state index < -0.39 is 23.8 Å². The van der Waals surface area contributed by atoms with Gasteiger partial charge in [0.15, 0.2) is 0 Å². The number of alkyl halides is 3. The number of carboxylic acid groups (broad SMARTS) is 1. The first-order chi connectivity index (χ1) is 19.1. The van der Waals surface area contributed by atoms with Crippen LogP contribution < -0.4 is 5.32 Å². The van der Waals surface area contributed by atoms with E-state index in [1.165, 1.54) is 24.3 Å². The number of hydrogen-bond acceptors (Lipinski definition) is 2. The second-order valence-electron chi connectivity index (χ2n) is 9.59. The smallest absolute Gasteiger partial charge is 0.416 e. The van der Waals surface area contributed by atoms with Crippen LogP contribution >= 0.6 is 0 Å². The first kappa shape index (κ1) is 26.7. The standard InChI is InChI=1S/C32H25F3N2O3/c1-20(22-9-11-24(12-10-22)31(39)40)36-30(38)28-18-26(23-5-3-2-4-6-23)17-25-15-16-37(29(25)28)19-21-7-13-27(14-8-21)32(33,34)35/h2-18,20H,19H2,1H3,(H,36,38)(H,39,40)/t20-/m0/s1. The molecule has 8 heteroatoms. The molecule has 0 aliphatic rings. The van der Waals surface area contributed by atoms with Crippen molar-refractivity contribution in [1.29, 1.82) is 0 Å². The Morgan fingerprint density at radius 1 is 0.875 bits per heavy atom. The minimum absolute atomic E-state index is 0.153. The lowest BCUT2D eigenvalue weighted by atomic mass is 9.99. The normalized spacial score (nSPS) is 12.3. The van der Waals surface area contributed by atoms with Crippen LogP contribution in [-0.2, 0) is 12.7 Å². The van der Waals surface area contributed by atoms with Gasteiger partial charge in [-0.05, 0) is 71.6 Å². The molecule has 1 heterocycles. The number of aromatic carboxylic acids is 1. The van der Waals surface area contributed by atoms with Gasteiger partial charge >= 0.3 is 12.1 Å². The second-order valence-corrected chi connectivity index (χ2v) is 9.59. The minimum Gasteiger partial charge on any atom is -0.478 e. The molecule has 0 radical (unpaired) electrons. The Balaban J connectivity index is 1.52. The van der Waals surface area contributed by atoms with Gasteiger partial charge < -0.3 is 15.0 Å². The van der Waals surface area contributed by atoms with Gasteiger partial charge in [0.1, 0.15) is 0 Å². The SMILES string of the molecule is C[C@H](NC(=O)c1cc(-c2ccccc2)cc2ccn(Cc3ccc(C(F)(F)F)cc3)c12)c1ccc(C(=O)O)cc1. The fourth-order valence-corrected chi connectivity index (χ4v) is 4.72. The van der Waals surface area contributed by atoms with E-state index in [0.717, 1.165) is 34.2 Å². The third-order valence-corrected chi connectivity index (χ3v) is 6.85. The van der Waals surface area contributed by atoms with Crippen molar-refractivity contribution >= 4 is 22.8 Å². The van der Waals surface area contributed by atoms with Crippen molar-refractivity contribution in [2.45, 2.75) is 25.7 Å². The molecule has 0 unspecified atom stereocenters. The van der Waals surface area contributed by atoms with Gasteiger partial charge in [-0.25, -0.2) is 4.79 Å². The maximum Gasteiger partial charge on any atom is 0.416 e. The molecule has 5 rings (SSSR count). The zero-order chi connectivity index (χ0) is 28.4. The molecule has 0 spiro atoms. The number of amides is 1. The van der Waals surface area contributed by atoms with Gasteiger partial charge in [-0.15, -0.1) is 0 Å². The van der Waals surface area contributed by atoms with Crippen molar-refractivity contribution in [2.24, 2.45) is 0 Å². The van der Waals surface area contributed by atoms with E-state index in [1.807, 2.05) is 66.2 Å². The molecule has 0 bridgehead atoms. The third-order valence-electron chi connectivity index (χ3n) is 6.85. The number of carbonyl (C=O) groups is 2. The van der Waals surface area contributed by atoms with Crippen LogP contribution in [0.15, 0.2) is 103 Å². The summed E-state index contributed by atoms with van der Waals surface area (Å²) >= 11 is 0. The Hall–Kier alpha value is -4.85. The van der Waals surface area contributed by atoms with E-state index in [4.69, 9.17) is 5.11 Å². The number of aromatic nitrogens is 1. The van der Waals surface area contributed by atoms with Crippen molar-refractivity contribution in [3.05, 3.63) is 131 Å². The molecule has 5 aromatic rings. The van der Waals surface area contributed by atoms with Crippen molar-refractivity contribution in [2.75, 3.05) is 0 Å². The Morgan fingerprint density at radius 2 is 1.55 bits per heavy atom. The molecule has 0 fully saturated rings. The lowest BCUT2D eigenvalue weighted by Crippen LogP contribution is -2.27.